The number of nitrogens with one attached hydrogen (secondary N) is 1. The summed E-state index contributed by atoms with van der Waals surface area (Å²) in [7, 11) is 0. The maximum Gasteiger partial charge on any atom is 0.443 e. The molecule has 9 heteroatoms. The number of nitrogens with two attached hydrogens (primary N) is 1. The number of rotatable bonds is 5. The molecule has 0 radical (unpaired) electrons. The molecule has 1 aromatic carbocycles. The summed E-state index contributed by atoms with van der Waals surface area (Å²) < 4.78 is 38.6. The molecule has 0 saturated heterocycles. The Kier molecular flexibility index (Phi) is 5.67. The quantitative estimate of drug-likeness (QED) is 0.450. The summed E-state index contributed by atoms with van der Waals surface area (Å²) in [6.07, 6.45) is -3.19. The zero-order chi connectivity index (χ0) is 15.5. The first-order valence-electron chi connectivity index (χ1n) is 5.77. The molecule has 2 rings (SSSR count). The van der Waals surface area contributed by atoms with E-state index < -0.39 is 11.2 Å². The van der Waals surface area contributed by atoms with E-state index in [4.69, 9.17) is 5.84 Å². The van der Waals surface area contributed by atoms with Crippen molar-refractivity contribution in [3.8, 4) is 0 Å². The first kappa shape index (κ1) is 16.8. The molecule has 0 saturated carbocycles. The highest BCUT2D eigenvalue weighted by Gasteiger charge is 2.35. The van der Waals surface area contributed by atoms with E-state index in [2.05, 4.69) is 26.3 Å². The van der Waals surface area contributed by atoms with Gasteiger partial charge in [0.15, 0.2) is 5.01 Å². The summed E-state index contributed by atoms with van der Waals surface area (Å²) in [5.74, 6) is 5.95. The summed E-state index contributed by atoms with van der Waals surface area (Å²) >= 11 is 5.46. The number of halogens is 4. The second-order valence-electron chi connectivity index (χ2n) is 4.05. The van der Waals surface area contributed by atoms with E-state index in [0.29, 0.717) is 22.0 Å². The van der Waals surface area contributed by atoms with Crippen LogP contribution in [0.3, 0.4) is 0 Å². The fourth-order valence-electron chi connectivity index (χ4n) is 1.50. The maximum absolute atomic E-state index is 12.5. The molecule has 1 heterocycles. The molecule has 0 aliphatic carbocycles. The molecule has 0 spiro atoms. The molecule has 0 fully saturated rings. The number of alkyl halides is 3. The lowest BCUT2D eigenvalue weighted by Gasteiger charge is -2.13. The minimum absolute atomic E-state index is 0.382. The molecule has 114 valence electrons. The summed E-state index contributed by atoms with van der Waals surface area (Å²) in [6, 6.07) is 7.28. The smallest absolute Gasteiger partial charge is 0.271 e. The molecule has 21 heavy (non-hydrogen) atoms. The van der Waals surface area contributed by atoms with Crippen LogP contribution in [0.1, 0.15) is 15.9 Å². The van der Waals surface area contributed by atoms with E-state index >= 15 is 0 Å². The lowest BCUT2D eigenvalue weighted by molar-refractivity contribution is -0.137. The molecule has 2 aromatic rings. The Balaban J connectivity index is 2.03. The van der Waals surface area contributed by atoms with Gasteiger partial charge in [0.25, 0.3) is 0 Å². The van der Waals surface area contributed by atoms with Crippen LogP contribution in [0.5, 0.6) is 0 Å². The molecule has 0 aliphatic heterocycles. The Morgan fingerprint density at radius 1 is 1.33 bits per heavy atom. The van der Waals surface area contributed by atoms with Crippen molar-refractivity contribution in [2.45, 2.75) is 17.1 Å². The van der Waals surface area contributed by atoms with E-state index in [1.807, 2.05) is 24.3 Å². The normalized spacial score (nSPS) is 13.4. The van der Waals surface area contributed by atoms with E-state index in [9.17, 15) is 13.2 Å². The molecule has 1 atom stereocenters. The minimum Gasteiger partial charge on any atom is -0.271 e. The van der Waals surface area contributed by atoms with Gasteiger partial charge < -0.3 is 0 Å². The molecule has 1 aromatic heterocycles. The summed E-state index contributed by atoms with van der Waals surface area (Å²) in [6.45, 7) is 0. The third-order valence-corrected chi connectivity index (χ3v) is 5.33. The van der Waals surface area contributed by atoms with Gasteiger partial charge in [0.05, 0.1) is 6.04 Å². The SMILES string of the molecule is NNC(CSc1ccc(Br)cc1)c1cnc(C(F)(F)F)s1. The third kappa shape index (κ3) is 4.68. The van der Waals surface area contributed by atoms with Crippen molar-refractivity contribution in [1.29, 1.82) is 0 Å². The van der Waals surface area contributed by atoms with Gasteiger partial charge in [0, 0.05) is 26.2 Å². The number of benzene rings is 1. The van der Waals surface area contributed by atoms with Crippen molar-refractivity contribution in [2.24, 2.45) is 5.84 Å². The van der Waals surface area contributed by atoms with Crippen LogP contribution in [0.2, 0.25) is 0 Å². The van der Waals surface area contributed by atoms with E-state index in [1.165, 1.54) is 18.0 Å². The van der Waals surface area contributed by atoms with Gasteiger partial charge in [0.2, 0.25) is 0 Å². The van der Waals surface area contributed by atoms with Gasteiger partial charge in [-0.3, -0.25) is 11.3 Å². The Morgan fingerprint density at radius 2 is 2.00 bits per heavy atom. The fourth-order valence-corrected chi connectivity index (χ4v) is 3.68. The predicted octanol–water partition coefficient (Wildman–Crippen LogP) is 4.22. The number of thioether (sulfide) groups is 1. The highest BCUT2D eigenvalue weighted by Crippen LogP contribution is 2.35. The van der Waals surface area contributed by atoms with Crippen LogP contribution in [0.15, 0.2) is 39.8 Å². The van der Waals surface area contributed by atoms with Gasteiger partial charge in [-0.05, 0) is 24.3 Å². The van der Waals surface area contributed by atoms with Gasteiger partial charge in [-0.25, -0.2) is 4.98 Å². The predicted molar refractivity (Wildman–Crippen MR) is 82.0 cm³/mol. The van der Waals surface area contributed by atoms with E-state index in [-0.39, 0.29) is 6.04 Å². The number of nitrogens with zero attached hydrogens (tertiary/aromatic N) is 1. The van der Waals surface area contributed by atoms with Crippen LogP contribution in [0, 0.1) is 0 Å². The molecule has 1 unspecified atom stereocenters. The summed E-state index contributed by atoms with van der Waals surface area (Å²) in [4.78, 5) is 4.89. The molecule has 0 amide bonds. The van der Waals surface area contributed by atoms with Crippen molar-refractivity contribution in [2.75, 3.05) is 5.75 Å². The van der Waals surface area contributed by atoms with Crippen molar-refractivity contribution in [3.05, 3.63) is 44.8 Å². The van der Waals surface area contributed by atoms with Crippen LogP contribution in [-0.4, -0.2) is 10.7 Å². The van der Waals surface area contributed by atoms with Crippen LogP contribution in [-0.2, 0) is 6.18 Å². The Hall–Kier alpha value is -0.610. The van der Waals surface area contributed by atoms with Crippen LogP contribution in [0.4, 0.5) is 13.2 Å². The Morgan fingerprint density at radius 3 is 2.52 bits per heavy atom. The largest absolute Gasteiger partial charge is 0.443 e. The average Bonchev–Trinajstić information content (AvgIpc) is 2.91. The lowest BCUT2D eigenvalue weighted by Crippen LogP contribution is -2.29. The summed E-state index contributed by atoms with van der Waals surface area (Å²) in [5.41, 5.74) is 2.54. The van der Waals surface area contributed by atoms with Crippen LogP contribution in [0.25, 0.3) is 0 Å². The zero-order valence-electron chi connectivity index (χ0n) is 10.5. The van der Waals surface area contributed by atoms with E-state index in [0.717, 1.165) is 9.37 Å². The van der Waals surface area contributed by atoms with Gasteiger partial charge in [0.1, 0.15) is 0 Å². The Labute approximate surface area is 136 Å². The second kappa shape index (κ2) is 7.10. The van der Waals surface area contributed by atoms with Crippen molar-refractivity contribution >= 4 is 39.0 Å². The second-order valence-corrected chi connectivity index (χ2v) is 7.12. The zero-order valence-corrected chi connectivity index (χ0v) is 13.7. The molecular weight excluding hydrogens is 387 g/mol. The van der Waals surface area contributed by atoms with Gasteiger partial charge in [-0.1, -0.05) is 15.9 Å². The molecule has 0 bridgehead atoms. The highest BCUT2D eigenvalue weighted by atomic mass is 79.9. The number of hydrogen-bond acceptors (Lipinski definition) is 5. The van der Waals surface area contributed by atoms with Crippen molar-refractivity contribution < 1.29 is 13.2 Å². The molecule has 3 nitrogen and oxygen atoms in total. The van der Waals surface area contributed by atoms with Crippen LogP contribution < -0.4 is 11.3 Å². The topological polar surface area (TPSA) is 50.9 Å². The number of hydrogen-bond donors (Lipinski definition) is 2. The monoisotopic (exact) mass is 397 g/mol. The van der Waals surface area contributed by atoms with Gasteiger partial charge in [-0.15, -0.1) is 23.1 Å². The first-order chi connectivity index (χ1) is 9.90. The minimum atomic E-state index is -4.42. The van der Waals surface area contributed by atoms with Crippen molar-refractivity contribution in [3.63, 3.8) is 0 Å². The molecular formula is C12H11BrF3N3S2. The van der Waals surface area contributed by atoms with Crippen LogP contribution >= 0.6 is 39.0 Å². The molecule has 3 N–H and O–H groups in total. The highest BCUT2D eigenvalue weighted by molar-refractivity contribution is 9.10. The Bertz CT molecular complexity index is 586. The molecule has 0 aliphatic rings. The van der Waals surface area contributed by atoms with Gasteiger partial charge >= 0.3 is 6.18 Å². The van der Waals surface area contributed by atoms with Gasteiger partial charge in [-0.2, -0.15) is 13.2 Å². The fraction of sp³-hybridized carbons (Fsp3) is 0.250. The maximum atomic E-state index is 12.5. The number of hydrazine groups is 1. The number of aromatic nitrogens is 1. The van der Waals surface area contributed by atoms with E-state index in [1.54, 1.807) is 0 Å². The lowest BCUT2D eigenvalue weighted by atomic mass is 10.3. The summed E-state index contributed by atoms with van der Waals surface area (Å²) in [5, 5.41) is -0.855. The third-order valence-electron chi connectivity index (χ3n) is 2.54. The average molecular weight is 398 g/mol. The first-order valence-corrected chi connectivity index (χ1v) is 8.37. The van der Waals surface area contributed by atoms with Crippen molar-refractivity contribution in [1.82, 2.24) is 10.4 Å². The number of thiazole rings is 1. The standard InChI is InChI=1S/C12H11BrF3N3S2/c13-7-1-3-8(4-2-7)20-6-9(19-17)10-5-18-11(21-10)12(14,15)16/h1-5,9,19H,6,17H2.